The molecule has 1 unspecified atom stereocenters. The number of benzene rings is 7. The van der Waals surface area contributed by atoms with E-state index in [1.807, 2.05) is 141 Å². The number of carbonyl (C=O) groups is 1. The standard InChI is InChI=1S/C20H21BrClO3PS.C13H16BrO3PS.C9H6Br2S.C9H7BrS.C9H8S.C7H6BrCl.C2H4O2.Na/c1-3-24-26(23,25-4-2)17(13-14-8-7-9-15(22)12-14)20-19(21)16-10-5-6-11-18(16)27-20;1-3-16-18(15,17-4-2)9-12-13(14)10-7-5-6-8-11(10)19-12;10-5-8-9(11)6-3-1-2-4-7(6)12-8;1-6-9(10)7-4-2-3-5-8(7)11-6;1-7-6-8-4-2-3-5-9(8)10-7;8-5-6-2-1-3-7(9)4-6;1-2(3)4;/h5-12,17H,3-4,13H2,1-2H3;5-8H,3-4,9H2,1-2H3;1-4H,5H2;2-5H,1H3;2-6H,1H3;1-4H,5H2;1H3,(H,3,4);/q;;;;;;;+1/p-1. The van der Waals surface area contributed by atoms with E-state index in [1.54, 1.807) is 22.7 Å². The zero-order valence-corrected chi connectivity index (χ0v) is 71.1. The number of aryl methyl sites for hydroxylation is 2. The van der Waals surface area contributed by atoms with Gasteiger partial charge in [0.2, 0.25) is 0 Å². The molecule has 488 valence electrons. The van der Waals surface area contributed by atoms with Gasteiger partial charge < -0.3 is 28.0 Å². The summed E-state index contributed by atoms with van der Waals surface area (Å²) in [6.45, 7) is 14.0. The van der Waals surface area contributed by atoms with Gasteiger partial charge in [-0.15, -0.1) is 56.7 Å². The van der Waals surface area contributed by atoms with E-state index in [1.165, 1.54) is 64.1 Å². The molecule has 7 aromatic carbocycles. The molecule has 12 aromatic rings. The molecule has 12 rings (SSSR count). The molecule has 8 nitrogen and oxygen atoms in total. The van der Waals surface area contributed by atoms with Crippen LogP contribution in [-0.2, 0) is 55.3 Å². The van der Waals surface area contributed by atoms with Crippen molar-refractivity contribution in [1.29, 1.82) is 0 Å². The molecule has 24 heteroatoms. The third-order valence-corrected chi connectivity index (χ3v) is 30.1. The first-order valence-electron chi connectivity index (χ1n) is 28.7. The van der Waals surface area contributed by atoms with E-state index in [0.717, 1.165) is 62.3 Å². The van der Waals surface area contributed by atoms with Gasteiger partial charge in [-0.25, -0.2) is 0 Å². The van der Waals surface area contributed by atoms with E-state index < -0.39 is 26.8 Å². The van der Waals surface area contributed by atoms with Crippen LogP contribution in [0.5, 0.6) is 0 Å². The predicted octanol–water partition coefficient (Wildman–Crippen LogP) is 24.0. The van der Waals surface area contributed by atoms with Crippen molar-refractivity contribution in [2.45, 2.75) is 77.4 Å². The Morgan fingerprint density at radius 1 is 0.495 bits per heavy atom. The summed E-state index contributed by atoms with van der Waals surface area (Å²) in [7, 11) is -6.42. The first-order chi connectivity index (χ1) is 44.1. The van der Waals surface area contributed by atoms with Crippen LogP contribution >= 0.6 is 191 Å². The third kappa shape index (κ3) is 25.0. The number of carboxylic acids is 1. The molecule has 0 saturated heterocycles. The molecule has 0 N–H and O–H groups in total. The summed E-state index contributed by atoms with van der Waals surface area (Å²) in [5.74, 6) is -1.08. The SMILES string of the molecule is BrCc1sc2ccccc2c1Br.CC(=O)[O-].CCOP(=O)(Cc1sc2ccccc2c1Br)OCC.CCOP(=O)(OCC)C(Cc1cccc(Cl)c1)c1sc2ccccc2c1Br.Cc1cc2ccccc2s1.Cc1sc2ccccc2c1Br.Clc1cccc(CBr)c1.[Na+]. The van der Waals surface area contributed by atoms with Crippen LogP contribution in [0.1, 0.15) is 75.8 Å². The van der Waals surface area contributed by atoms with E-state index in [9.17, 15) is 9.13 Å². The molecule has 0 aliphatic rings. The Kier molecular flexibility index (Phi) is 37.1. The molecule has 0 saturated carbocycles. The number of carboxylic acid groups (broad SMARTS) is 1. The quantitative estimate of drug-likeness (QED) is 0.0534. The third-order valence-electron chi connectivity index (χ3n) is 12.8. The summed E-state index contributed by atoms with van der Waals surface area (Å²) in [6.07, 6.45) is 0.831. The molecule has 0 spiro atoms. The Hall–Kier alpha value is -1.43. The van der Waals surface area contributed by atoms with Crippen molar-refractivity contribution in [3.05, 3.63) is 239 Å². The van der Waals surface area contributed by atoms with Gasteiger partial charge in [0.25, 0.3) is 0 Å². The van der Waals surface area contributed by atoms with Crippen LogP contribution in [0.25, 0.3) is 50.4 Å². The van der Waals surface area contributed by atoms with Gasteiger partial charge in [-0.05, 0) is 196 Å². The first kappa shape index (κ1) is 82.2. The average molecular weight is 1820 g/mol. The topological polar surface area (TPSA) is 111 Å². The normalized spacial score (nSPS) is 11.3. The number of aliphatic carboxylic acids is 1. The molecule has 1 atom stereocenters. The number of alkyl halides is 2. The molecular weight excluding hydrogens is 1750 g/mol. The van der Waals surface area contributed by atoms with Gasteiger partial charge >= 0.3 is 44.7 Å². The van der Waals surface area contributed by atoms with Gasteiger partial charge in [0, 0.05) is 114 Å². The minimum atomic E-state index is -3.38. The molecule has 0 radical (unpaired) electrons. The fourth-order valence-electron chi connectivity index (χ4n) is 8.95. The number of carbonyl (C=O) groups excluding carboxylic acids is 1. The van der Waals surface area contributed by atoms with Crippen molar-refractivity contribution >= 4 is 247 Å². The van der Waals surface area contributed by atoms with Crippen molar-refractivity contribution in [1.82, 2.24) is 0 Å². The minimum absolute atomic E-state index is 0. The first-order valence-corrected chi connectivity index (χ1v) is 42.3. The monoisotopic (exact) mass is 1810 g/mol. The number of thiophene rings is 5. The van der Waals surface area contributed by atoms with Crippen molar-refractivity contribution in [3.8, 4) is 0 Å². The predicted molar refractivity (Wildman–Crippen MR) is 420 cm³/mol. The van der Waals surface area contributed by atoms with E-state index >= 15 is 0 Å². The molecule has 0 aliphatic heterocycles. The summed E-state index contributed by atoms with van der Waals surface area (Å²) in [4.78, 5) is 15.0. The van der Waals surface area contributed by atoms with Gasteiger partial charge in [-0.2, -0.15) is 0 Å². The van der Waals surface area contributed by atoms with E-state index in [-0.39, 0.29) is 29.6 Å². The Labute approximate surface area is 648 Å². The number of hydrogen-bond donors (Lipinski definition) is 0. The second-order valence-corrected chi connectivity index (χ2v) is 34.9. The number of fused-ring (bicyclic) bond motifs is 5. The van der Waals surface area contributed by atoms with Crippen molar-refractivity contribution < 1.29 is 66.7 Å². The molecule has 0 amide bonds. The smallest absolute Gasteiger partial charge is 0.550 e. The van der Waals surface area contributed by atoms with Crippen LogP contribution < -0.4 is 34.7 Å². The molecule has 0 aliphatic carbocycles. The maximum atomic E-state index is 13.7. The maximum absolute atomic E-state index is 13.7. The summed E-state index contributed by atoms with van der Waals surface area (Å²) < 4.78 is 59.3. The number of halogens is 8. The van der Waals surface area contributed by atoms with Crippen molar-refractivity contribution in [2.24, 2.45) is 0 Å². The Morgan fingerprint density at radius 2 is 0.903 bits per heavy atom. The zero-order valence-electron chi connectivity index (χ0n) is 52.2. The van der Waals surface area contributed by atoms with Gasteiger partial charge in [0.05, 0.1) is 32.6 Å². The fraction of sp³-hybridized carbons (Fsp3) is 0.232. The molecule has 5 aromatic heterocycles. The number of hydrogen-bond acceptors (Lipinski definition) is 13. The second kappa shape index (κ2) is 42.0. The van der Waals surface area contributed by atoms with Gasteiger partial charge in [0.15, 0.2) is 0 Å². The molecule has 5 heterocycles. The van der Waals surface area contributed by atoms with Crippen molar-refractivity contribution in [3.63, 3.8) is 0 Å². The molecule has 0 fully saturated rings. The van der Waals surface area contributed by atoms with E-state index in [2.05, 4.69) is 206 Å². The van der Waals surface area contributed by atoms with Gasteiger partial charge in [-0.1, -0.05) is 170 Å². The van der Waals surface area contributed by atoms with E-state index in [4.69, 9.17) is 51.2 Å². The average Bonchev–Trinajstić information content (AvgIpc) is 1.60. The number of rotatable bonds is 16. The van der Waals surface area contributed by atoms with Crippen LogP contribution in [0.15, 0.2) is 194 Å². The minimum Gasteiger partial charge on any atom is -0.550 e. The largest absolute Gasteiger partial charge is 1.00 e. The van der Waals surface area contributed by atoms with Crippen LogP contribution in [0.2, 0.25) is 10.0 Å². The molecule has 93 heavy (non-hydrogen) atoms. The van der Waals surface area contributed by atoms with Crippen LogP contribution in [-0.4, -0.2) is 32.4 Å². The Morgan fingerprint density at radius 3 is 1.33 bits per heavy atom. The van der Waals surface area contributed by atoms with Crippen LogP contribution in [0, 0.1) is 13.8 Å². The van der Waals surface area contributed by atoms with Gasteiger partial charge in [0.1, 0.15) is 5.66 Å². The molecular formula is C69H67Br6Cl2NaO8P2S5. The summed E-state index contributed by atoms with van der Waals surface area (Å²) in [5, 5.41) is 18.4. The summed E-state index contributed by atoms with van der Waals surface area (Å²) >= 11 is 41.9. The fourth-order valence-corrected chi connectivity index (χ4v) is 24.2. The van der Waals surface area contributed by atoms with Crippen LogP contribution in [0.3, 0.4) is 0 Å². The second-order valence-electron chi connectivity index (χ2n) is 19.5. The summed E-state index contributed by atoms with van der Waals surface area (Å²) in [5.41, 5.74) is 1.79. The Balaban J connectivity index is 0.000000209. The van der Waals surface area contributed by atoms with Crippen molar-refractivity contribution in [2.75, 3.05) is 26.4 Å². The van der Waals surface area contributed by atoms with Crippen LogP contribution in [0.4, 0.5) is 0 Å². The zero-order chi connectivity index (χ0) is 67.0. The van der Waals surface area contributed by atoms with E-state index in [0.29, 0.717) is 44.0 Å². The van der Waals surface area contributed by atoms with Gasteiger partial charge in [-0.3, -0.25) is 9.13 Å². The summed E-state index contributed by atoms with van der Waals surface area (Å²) in [6, 6.07) is 59.2. The molecule has 0 bridgehead atoms. The maximum Gasteiger partial charge on any atom is 1.00 e. The Bertz CT molecular complexity index is 4350.